The Bertz CT molecular complexity index is 380. The van der Waals surface area contributed by atoms with Crippen LogP contribution in [0, 0.1) is 0 Å². The van der Waals surface area contributed by atoms with E-state index in [4.69, 9.17) is 18.9 Å². The van der Waals surface area contributed by atoms with Gasteiger partial charge in [0, 0.05) is 20.8 Å². The lowest BCUT2D eigenvalue weighted by molar-refractivity contribution is -0.229. The van der Waals surface area contributed by atoms with Crippen molar-refractivity contribution in [3.63, 3.8) is 0 Å². The van der Waals surface area contributed by atoms with Crippen molar-refractivity contribution in [1.29, 1.82) is 0 Å². The van der Waals surface area contributed by atoms with Gasteiger partial charge < -0.3 is 24.1 Å². The minimum atomic E-state index is -1.04. The molecule has 1 rings (SSSR count). The van der Waals surface area contributed by atoms with Crippen LogP contribution in [0.5, 0.6) is 0 Å². The summed E-state index contributed by atoms with van der Waals surface area (Å²) in [5.74, 6) is -1.83. The van der Waals surface area contributed by atoms with E-state index in [1.54, 1.807) is 0 Å². The van der Waals surface area contributed by atoms with Crippen LogP contribution >= 0.6 is 0 Å². The zero-order chi connectivity index (χ0) is 15.3. The molecule has 0 aliphatic carbocycles. The fourth-order valence-corrected chi connectivity index (χ4v) is 1.97. The smallest absolute Gasteiger partial charge is 0.303 e. The van der Waals surface area contributed by atoms with Crippen molar-refractivity contribution in [2.24, 2.45) is 0 Å². The summed E-state index contributed by atoms with van der Waals surface area (Å²) < 4.78 is 20.4. The van der Waals surface area contributed by atoms with E-state index in [9.17, 15) is 19.5 Å². The molecule has 0 aromatic heterocycles. The second-order valence-electron chi connectivity index (χ2n) is 4.35. The third-order valence-corrected chi connectivity index (χ3v) is 2.63. The minimum absolute atomic E-state index is 0.0689. The van der Waals surface area contributed by atoms with Gasteiger partial charge in [-0.2, -0.15) is 0 Å². The van der Waals surface area contributed by atoms with E-state index < -0.39 is 48.9 Å². The molecule has 0 radical (unpaired) electrons. The number of hydrogen-bond acceptors (Lipinski definition) is 8. The zero-order valence-corrected chi connectivity index (χ0v) is 11.5. The Hall–Kier alpha value is -1.67. The van der Waals surface area contributed by atoms with Gasteiger partial charge in [0.05, 0.1) is 13.2 Å². The van der Waals surface area contributed by atoms with Crippen molar-refractivity contribution in [1.82, 2.24) is 0 Å². The number of carbonyl (C=O) groups excluding carboxylic acids is 3. The molecule has 1 aliphatic rings. The molecule has 0 unspecified atom stereocenters. The third-order valence-electron chi connectivity index (χ3n) is 2.63. The number of hydrogen-bond donors (Lipinski definition) is 1. The maximum Gasteiger partial charge on any atom is 0.303 e. The molecule has 0 spiro atoms. The van der Waals surface area contributed by atoms with Crippen molar-refractivity contribution in [2.45, 2.75) is 45.2 Å². The van der Waals surface area contributed by atoms with Crippen molar-refractivity contribution in [3.8, 4) is 0 Å². The van der Waals surface area contributed by atoms with Gasteiger partial charge in [0.25, 0.3) is 0 Å². The van der Waals surface area contributed by atoms with Crippen LogP contribution < -0.4 is 0 Å². The first kappa shape index (κ1) is 16.4. The lowest BCUT2D eigenvalue weighted by Gasteiger charge is -2.39. The maximum absolute atomic E-state index is 11.2. The maximum atomic E-state index is 11.2. The normalized spacial score (nSPS) is 29.4. The number of aliphatic hydroxyl groups is 1. The Balaban J connectivity index is 2.95. The Morgan fingerprint density at radius 2 is 1.50 bits per heavy atom. The first-order valence-electron chi connectivity index (χ1n) is 6.09. The second kappa shape index (κ2) is 7.20. The van der Waals surface area contributed by atoms with Crippen LogP contribution in [0.4, 0.5) is 0 Å². The predicted octanol–water partition coefficient (Wildman–Crippen LogP) is -0.827. The van der Waals surface area contributed by atoms with E-state index in [0.717, 1.165) is 0 Å². The molecule has 0 bridgehead atoms. The summed E-state index contributed by atoms with van der Waals surface area (Å²) in [6, 6.07) is 0. The largest absolute Gasteiger partial charge is 0.456 e. The molecule has 1 saturated heterocycles. The van der Waals surface area contributed by atoms with Crippen molar-refractivity contribution >= 4 is 17.9 Å². The topological polar surface area (TPSA) is 108 Å². The van der Waals surface area contributed by atoms with Crippen LogP contribution in [0.1, 0.15) is 20.8 Å². The lowest BCUT2D eigenvalue weighted by Crippen LogP contribution is -2.58. The molecule has 8 heteroatoms. The minimum Gasteiger partial charge on any atom is -0.456 e. The van der Waals surface area contributed by atoms with Crippen molar-refractivity contribution in [2.75, 3.05) is 13.2 Å². The molecule has 0 aromatic carbocycles. The van der Waals surface area contributed by atoms with Crippen molar-refractivity contribution in [3.05, 3.63) is 0 Å². The number of aliphatic hydroxyl groups excluding tert-OH is 1. The summed E-state index contributed by atoms with van der Waals surface area (Å²) in [6.07, 6.45) is -3.82. The average Bonchev–Trinajstić information content (AvgIpc) is 2.31. The van der Waals surface area contributed by atoms with E-state index >= 15 is 0 Å². The van der Waals surface area contributed by atoms with Gasteiger partial charge in [0.15, 0.2) is 18.3 Å². The van der Waals surface area contributed by atoms with Crippen LogP contribution in [0.15, 0.2) is 0 Å². The molecule has 1 aliphatic heterocycles. The van der Waals surface area contributed by atoms with E-state index in [1.165, 1.54) is 20.8 Å². The van der Waals surface area contributed by atoms with Gasteiger partial charge in [-0.1, -0.05) is 0 Å². The van der Waals surface area contributed by atoms with Crippen LogP contribution in [-0.2, 0) is 33.3 Å². The standard InChI is InChI=1S/C12H18O8/c1-6(14)18-10-5-17-9(4-13)11(19-7(2)15)12(10)20-8(3)16/h9-13H,4-5H2,1-3H3/t9-,10+,11+,12-/m0/s1. The molecule has 1 N–H and O–H groups in total. The molecular weight excluding hydrogens is 272 g/mol. The summed E-state index contributed by atoms with van der Waals surface area (Å²) in [7, 11) is 0. The molecule has 8 nitrogen and oxygen atoms in total. The summed E-state index contributed by atoms with van der Waals surface area (Å²) in [6.45, 7) is 3.06. The van der Waals surface area contributed by atoms with E-state index in [1.807, 2.05) is 0 Å². The fourth-order valence-electron chi connectivity index (χ4n) is 1.97. The SMILES string of the molecule is CC(=O)O[C@@H]1[C@H](OC(C)=O)[C@H](CO)OC[C@H]1OC(C)=O. The molecule has 1 heterocycles. The monoisotopic (exact) mass is 290 g/mol. The molecule has 0 amide bonds. The Labute approximate surface area is 115 Å². The predicted molar refractivity (Wildman–Crippen MR) is 63.5 cm³/mol. The van der Waals surface area contributed by atoms with E-state index in [-0.39, 0.29) is 6.61 Å². The first-order chi connectivity index (χ1) is 9.35. The Morgan fingerprint density at radius 1 is 1.00 bits per heavy atom. The van der Waals surface area contributed by atoms with Gasteiger partial charge in [-0.05, 0) is 0 Å². The fraction of sp³-hybridized carbons (Fsp3) is 0.750. The summed E-state index contributed by atoms with van der Waals surface area (Å²) in [5.41, 5.74) is 0. The van der Waals surface area contributed by atoms with Crippen LogP contribution in [0.2, 0.25) is 0 Å². The Morgan fingerprint density at radius 3 is 1.95 bits per heavy atom. The summed E-state index contributed by atoms with van der Waals surface area (Å²) in [4.78, 5) is 33.3. The molecule has 114 valence electrons. The summed E-state index contributed by atoms with van der Waals surface area (Å²) in [5, 5.41) is 9.23. The number of carbonyl (C=O) groups is 3. The summed E-state index contributed by atoms with van der Waals surface area (Å²) >= 11 is 0. The molecule has 1 fully saturated rings. The molecule has 20 heavy (non-hydrogen) atoms. The van der Waals surface area contributed by atoms with Crippen LogP contribution in [-0.4, -0.2) is 60.6 Å². The Kier molecular flexibility index (Phi) is 5.90. The van der Waals surface area contributed by atoms with Gasteiger partial charge in [-0.15, -0.1) is 0 Å². The molecule has 4 atom stereocenters. The van der Waals surface area contributed by atoms with Gasteiger partial charge in [0.2, 0.25) is 0 Å². The first-order valence-corrected chi connectivity index (χ1v) is 6.09. The van der Waals surface area contributed by atoms with Gasteiger partial charge in [-0.3, -0.25) is 14.4 Å². The lowest BCUT2D eigenvalue weighted by atomic mass is 9.99. The third kappa shape index (κ3) is 4.46. The van der Waals surface area contributed by atoms with Gasteiger partial charge >= 0.3 is 17.9 Å². The number of rotatable bonds is 4. The van der Waals surface area contributed by atoms with Crippen molar-refractivity contribution < 1.29 is 38.4 Å². The highest BCUT2D eigenvalue weighted by molar-refractivity contribution is 5.68. The molecular formula is C12H18O8. The van der Waals surface area contributed by atoms with Gasteiger partial charge in [-0.25, -0.2) is 0 Å². The quantitative estimate of drug-likeness (QED) is 0.528. The van der Waals surface area contributed by atoms with Gasteiger partial charge in [0.1, 0.15) is 6.10 Å². The highest BCUT2D eigenvalue weighted by Gasteiger charge is 2.46. The van der Waals surface area contributed by atoms with E-state index in [2.05, 4.69) is 0 Å². The highest BCUT2D eigenvalue weighted by Crippen LogP contribution is 2.24. The highest BCUT2D eigenvalue weighted by atomic mass is 16.6. The number of esters is 3. The number of ether oxygens (including phenoxy) is 4. The zero-order valence-electron chi connectivity index (χ0n) is 11.5. The molecule has 0 saturated carbocycles. The van der Waals surface area contributed by atoms with Crippen LogP contribution in [0.25, 0.3) is 0 Å². The molecule has 0 aromatic rings. The average molecular weight is 290 g/mol. The van der Waals surface area contributed by atoms with E-state index in [0.29, 0.717) is 0 Å². The van der Waals surface area contributed by atoms with Crippen LogP contribution in [0.3, 0.4) is 0 Å². The second-order valence-corrected chi connectivity index (χ2v) is 4.35.